The van der Waals surface area contributed by atoms with E-state index in [1.54, 1.807) is 66.7 Å². The fraction of sp³-hybridized carbons (Fsp3) is 0.0870. The number of nitrogens with two attached hydrogens (primary N) is 1. The second kappa shape index (κ2) is 9.09. The molecule has 0 saturated carbocycles. The Balaban J connectivity index is 1.95. The number of fused-ring (bicyclic) bond motifs is 1. The summed E-state index contributed by atoms with van der Waals surface area (Å²) in [5, 5.41) is 3.76. The van der Waals surface area contributed by atoms with Crippen LogP contribution >= 0.6 is 45.8 Å². The molecule has 0 radical (unpaired) electrons. The Labute approximate surface area is 207 Å². The predicted octanol–water partition coefficient (Wildman–Crippen LogP) is 4.96. The summed E-state index contributed by atoms with van der Waals surface area (Å²) in [4.78, 5) is 41.2. The zero-order valence-corrected chi connectivity index (χ0v) is 20.1. The number of anilines is 1. The van der Waals surface area contributed by atoms with Gasteiger partial charge in [-0.25, -0.2) is 0 Å². The van der Waals surface area contributed by atoms with Crippen molar-refractivity contribution in [3.8, 4) is 0 Å². The fourth-order valence-electron chi connectivity index (χ4n) is 3.72. The van der Waals surface area contributed by atoms with Gasteiger partial charge in [0.05, 0.1) is 11.3 Å². The molecular formula is C23H16Cl2IN3O3. The van der Waals surface area contributed by atoms with Crippen LogP contribution in [0.2, 0.25) is 10.0 Å². The molecule has 162 valence electrons. The maximum atomic E-state index is 13.8. The van der Waals surface area contributed by atoms with Crippen LogP contribution in [0, 0.1) is 3.57 Å². The molecule has 2 unspecified atom stereocenters. The molecular weight excluding hydrogens is 564 g/mol. The number of halogens is 3. The molecule has 32 heavy (non-hydrogen) atoms. The quantitative estimate of drug-likeness (QED) is 0.428. The van der Waals surface area contributed by atoms with Gasteiger partial charge in [0.15, 0.2) is 0 Å². The van der Waals surface area contributed by atoms with Crippen molar-refractivity contribution >= 4 is 69.2 Å². The average Bonchev–Trinajstić information content (AvgIpc) is 2.85. The van der Waals surface area contributed by atoms with Crippen molar-refractivity contribution < 1.29 is 14.4 Å². The molecule has 4 rings (SSSR count). The topological polar surface area (TPSA) is 92.5 Å². The first-order chi connectivity index (χ1) is 15.3. The van der Waals surface area contributed by atoms with Gasteiger partial charge in [-0.3, -0.25) is 14.4 Å². The van der Waals surface area contributed by atoms with E-state index in [1.807, 2.05) is 0 Å². The summed E-state index contributed by atoms with van der Waals surface area (Å²) in [6, 6.07) is 15.7. The Morgan fingerprint density at radius 3 is 2.16 bits per heavy atom. The third-order valence-corrected chi connectivity index (χ3v) is 6.33. The van der Waals surface area contributed by atoms with E-state index in [-0.39, 0.29) is 5.56 Å². The first-order valence-corrected chi connectivity index (χ1v) is 11.3. The Kier molecular flexibility index (Phi) is 6.41. The molecule has 0 fully saturated rings. The molecule has 3 aromatic carbocycles. The van der Waals surface area contributed by atoms with Crippen LogP contribution in [0.25, 0.3) is 0 Å². The molecule has 3 aromatic rings. The van der Waals surface area contributed by atoms with Gasteiger partial charge in [-0.05, 0) is 76.2 Å². The first kappa shape index (κ1) is 22.6. The summed E-state index contributed by atoms with van der Waals surface area (Å²) in [7, 11) is 0. The minimum absolute atomic E-state index is 0.266. The highest BCUT2D eigenvalue weighted by Gasteiger charge is 2.43. The van der Waals surface area contributed by atoms with Gasteiger partial charge in [-0.2, -0.15) is 0 Å². The minimum Gasteiger partial charge on any atom is -0.368 e. The highest BCUT2D eigenvalue weighted by atomic mass is 127. The summed E-state index contributed by atoms with van der Waals surface area (Å²) >= 11 is 14.1. The number of primary amides is 1. The molecule has 3 N–H and O–H groups in total. The lowest BCUT2D eigenvalue weighted by Gasteiger charge is -2.34. The normalized spacial score (nSPS) is 16.7. The third kappa shape index (κ3) is 4.32. The zero-order valence-electron chi connectivity index (χ0n) is 16.4. The lowest BCUT2D eigenvalue weighted by Crippen LogP contribution is -2.46. The van der Waals surface area contributed by atoms with Gasteiger partial charge >= 0.3 is 0 Å². The molecule has 1 heterocycles. The van der Waals surface area contributed by atoms with Crippen LogP contribution in [0.3, 0.4) is 0 Å². The second-order valence-corrected chi connectivity index (χ2v) is 9.32. The van der Waals surface area contributed by atoms with Crippen molar-refractivity contribution in [2.75, 3.05) is 5.32 Å². The largest absolute Gasteiger partial charge is 0.368 e. The van der Waals surface area contributed by atoms with Crippen molar-refractivity contribution in [1.82, 2.24) is 4.90 Å². The summed E-state index contributed by atoms with van der Waals surface area (Å²) in [6.45, 7) is 0. The number of rotatable bonds is 4. The number of carbonyl (C=O) groups is 3. The number of carbonyl (C=O) groups excluding carboxylic acids is 3. The highest BCUT2D eigenvalue weighted by molar-refractivity contribution is 14.1. The SMILES string of the molecule is NC(=O)C(c1ccc(Cl)cc1)N1C(=O)c2cc(I)ccc2NC(=O)C1c1ccc(Cl)cc1. The van der Waals surface area contributed by atoms with Gasteiger partial charge in [0.1, 0.15) is 12.1 Å². The molecule has 0 spiro atoms. The molecule has 2 atom stereocenters. The number of nitrogens with one attached hydrogen (secondary N) is 1. The Morgan fingerprint density at radius 1 is 0.969 bits per heavy atom. The molecule has 9 heteroatoms. The van der Waals surface area contributed by atoms with Crippen LogP contribution in [0.5, 0.6) is 0 Å². The fourth-order valence-corrected chi connectivity index (χ4v) is 4.46. The van der Waals surface area contributed by atoms with Crippen LogP contribution in [0.4, 0.5) is 5.69 Å². The number of amides is 3. The first-order valence-electron chi connectivity index (χ1n) is 9.49. The molecule has 1 aliphatic rings. The Hall–Kier alpha value is -2.62. The van der Waals surface area contributed by atoms with E-state index >= 15 is 0 Å². The molecule has 1 aliphatic heterocycles. The monoisotopic (exact) mass is 579 g/mol. The standard InChI is InChI=1S/C23H16Cl2IN3O3/c24-14-5-1-12(2-6-14)19(21(27)30)29-20(13-3-7-15(25)8-4-13)22(31)28-18-10-9-16(26)11-17(18)23(29)32/h1-11,19-20H,(H2,27,30)(H,28,31). The van der Waals surface area contributed by atoms with E-state index in [0.717, 1.165) is 3.57 Å². The maximum Gasteiger partial charge on any atom is 0.257 e. The lowest BCUT2D eigenvalue weighted by molar-refractivity contribution is -0.127. The number of nitrogens with zero attached hydrogens (tertiary/aromatic N) is 1. The van der Waals surface area contributed by atoms with Gasteiger partial charge in [0.2, 0.25) is 5.91 Å². The Morgan fingerprint density at radius 2 is 1.56 bits per heavy atom. The lowest BCUT2D eigenvalue weighted by atomic mass is 9.97. The van der Waals surface area contributed by atoms with Crippen molar-refractivity contribution in [3.05, 3.63) is 97.0 Å². The Bertz CT molecular complexity index is 1220. The molecule has 0 bridgehead atoms. The minimum atomic E-state index is -1.21. The maximum absolute atomic E-state index is 13.8. The van der Waals surface area contributed by atoms with E-state index in [2.05, 4.69) is 27.9 Å². The van der Waals surface area contributed by atoms with Crippen LogP contribution < -0.4 is 11.1 Å². The van der Waals surface area contributed by atoms with Crippen LogP contribution in [0.1, 0.15) is 33.6 Å². The van der Waals surface area contributed by atoms with E-state index < -0.39 is 29.8 Å². The van der Waals surface area contributed by atoms with Gasteiger partial charge in [0.25, 0.3) is 11.8 Å². The van der Waals surface area contributed by atoms with Crippen LogP contribution in [-0.2, 0) is 9.59 Å². The van der Waals surface area contributed by atoms with Crippen molar-refractivity contribution in [2.24, 2.45) is 5.73 Å². The predicted molar refractivity (Wildman–Crippen MR) is 132 cm³/mol. The van der Waals surface area contributed by atoms with Gasteiger partial charge in [0, 0.05) is 13.6 Å². The van der Waals surface area contributed by atoms with E-state index in [0.29, 0.717) is 26.9 Å². The summed E-state index contributed by atoms with van der Waals surface area (Å²) in [6.07, 6.45) is 0. The summed E-state index contributed by atoms with van der Waals surface area (Å²) in [5.41, 5.74) is 7.35. The molecule has 0 aromatic heterocycles. The van der Waals surface area contributed by atoms with Gasteiger partial charge in [-0.1, -0.05) is 47.5 Å². The van der Waals surface area contributed by atoms with Gasteiger partial charge in [-0.15, -0.1) is 0 Å². The van der Waals surface area contributed by atoms with E-state index in [9.17, 15) is 14.4 Å². The summed E-state index contributed by atoms with van der Waals surface area (Å²) < 4.78 is 0.802. The van der Waals surface area contributed by atoms with Crippen molar-refractivity contribution in [1.29, 1.82) is 0 Å². The smallest absolute Gasteiger partial charge is 0.257 e. The second-order valence-electron chi connectivity index (χ2n) is 7.20. The molecule has 0 saturated heterocycles. The van der Waals surface area contributed by atoms with E-state index in [1.165, 1.54) is 4.90 Å². The molecule has 0 aliphatic carbocycles. The summed E-state index contributed by atoms with van der Waals surface area (Å²) in [5.74, 6) is -1.75. The third-order valence-electron chi connectivity index (χ3n) is 5.15. The van der Waals surface area contributed by atoms with Crippen molar-refractivity contribution in [3.63, 3.8) is 0 Å². The van der Waals surface area contributed by atoms with Crippen molar-refractivity contribution in [2.45, 2.75) is 12.1 Å². The number of hydrogen-bond donors (Lipinski definition) is 2. The zero-order chi connectivity index (χ0) is 23.0. The number of hydrogen-bond acceptors (Lipinski definition) is 3. The highest BCUT2D eigenvalue weighted by Crippen LogP contribution is 2.38. The van der Waals surface area contributed by atoms with Crippen LogP contribution in [0.15, 0.2) is 66.7 Å². The molecule has 3 amide bonds. The number of benzene rings is 3. The van der Waals surface area contributed by atoms with E-state index in [4.69, 9.17) is 28.9 Å². The average molecular weight is 580 g/mol. The molecule has 6 nitrogen and oxygen atoms in total. The van der Waals surface area contributed by atoms with Gasteiger partial charge < -0.3 is 16.0 Å². The van der Waals surface area contributed by atoms with Crippen LogP contribution in [-0.4, -0.2) is 22.6 Å².